The Morgan fingerprint density at radius 3 is 2.21 bits per heavy atom. The summed E-state index contributed by atoms with van der Waals surface area (Å²) in [5.74, 6) is 1.42. The number of benzene rings is 3. The van der Waals surface area contributed by atoms with Crippen LogP contribution >= 0.6 is 0 Å². The third-order valence-electron chi connectivity index (χ3n) is 8.47. The maximum atomic E-state index is 13.4. The van der Waals surface area contributed by atoms with Gasteiger partial charge in [-0.15, -0.1) is 0 Å². The summed E-state index contributed by atoms with van der Waals surface area (Å²) in [7, 11) is 1.66. The van der Waals surface area contributed by atoms with Crippen LogP contribution in [-0.2, 0) is 11.2 Å². The first-order valence-electron chi connectivity index (χ1n) is 16.1. The Balaban J connectivity index is 1.10. The molecule has 0 saturated carbocycles. The Hall–Kier alpha value is -5.06. The Morgan fingerprint density at radius 1 is 0.915 bits per heavy atom. The Bertz CT molecular complexity index is 1760. The van der Waals surface area contributed by atoms with Crippen molar-refractivity contribution in [1.82, 2.24) is 30.1 Å². The molecule has 1 amide bonds. The van der Waals surface area contributed by atoms with Crippen molar-refractivity contribution in [3.63, 3.8) is 0 Å². The summed E-state index contributed by atoms with van der Waals surface area (Å²) >= 11 is 0. The molecule has 0 unspecified atom stereocenters. The Labute approximate surface area is 275 Å². The van der Waals surface area contributed by atoms with Crippen molar-refractivity contribution in [1.29, 1.82) is 0 Å². The van der Waals surface area contributed by atoms with Crippen LogP contribution in [0.25, 0.3) is 10.9 Å². The van der Waals surface area contributed by atoms with Crippen molar-refractivity contribution >= 4 is 28.7 Å². The van der Waals surface area contributed by atoms with Crippen LogP contribution < -0.4 is 15.4 Å². The Morgan fingerprint density at radius 2 is 1.57 bits per heavy atom. The zero-order valence-corrected chi connectivity index (χ0v) is 27.2. The van der Waals surface area contributed by atoms with Crippen molar-refractivity contribution in [2.75, 3.05) is 51.7 Å². The molecule has 6 rings (SSSR count). The number of carbonyl (C=O) groups is 1. The molecule has 10 heteroatoms. The van der Waals surface area contributed by atoms with Gasteiger partial charge in [0.15, 0.2) is 0 Å². The van der Waals surface area contributed by atoms with Gasteiger partial charge in [-0.05, 0) is 55.2 Å². The molecule has 0 atom stereocenters. The normalized spacial score (nSPS) is 14.4. The SMILES string of the molecule is COc1ccc2c(CCN=C(NC(=O)CN3CCN(C(c4ccccc4)c4ccccc4)CC3)Nc3nc(C)cc(C)n3)c[nH]c2c1. The minimum absolute atomic E-state index is 0.129. The van der Waals surface area contributed by atoms with Gasteiger partial charge in [0.1, 0.15) is 5.75 Å². The first-order chi connectivity index (χ1) is 22.9. The van der Waals surface area contributed by atoms with E-state index in [2.05, 4.69) is 102 Å². The number of methoxy groups -OCH3 is 1. The summed E-state index contributed by atoms with van der Waals surface area (Å²) in [6.07, 6.45) is 2.69. The monoisotopic (exact) mass is 630 g/mol. The number of rotatable bonds is 10. The van der Waals surface area contributed by atoms with Gasteiger partial charge in [0.2, 0.25) is 17.8 Å². The summed E-state index contributed by atoms with van der Waals surface area (Å²) < 4.78 is 5.35. The minimum atomic E-state index is -0.129. The molecule has 1 aliphatic rings. The predicted molar refractivity (Wildman–Crippen MR) is 187 cm³/mol. The second-order valence-corrected chi connectivity index (χ2v) is 11.9. The number of H-pyrrole nitrogens is 1. The number of piperazine rings is 1. The van der Waals surface area contributed by atoms with E-state index < -0.39 is 0 Å². The number of aromatic amines is 1. The molecular formula is C37H42N8O2. The highest BCUT2D eigenvalue weighted by Gasteiger charge is 2.27. The Kier molecular flexibility index (Phi) is 10.2. The molecular weight excluding hydrogens is 588 g/mol. The predicted octanol–water partition coefficient (Wildman–Crippen LogP) is 5.12. The van der Waals surface area contributed by atoms with E-state index in [0.717, 1.165) is 59.8 Å². The molecule has 3 aromatic carbocycles. The number of anilines is 1. The van der Waals surface area contributed by atoms with Gasteiger partial charge in [-0.25, -0.2) is 9.97 Å². The van der Waals surface area contributed by atoms with Gasteiger partial charge in [-0.1, -0.05) is 60.7 Å². The van der Waals surface area contributed by atoms with E-state index in [1.807, 2.05) is 38.2 Å². The number of guanidine groups is 1. The van der Waals surface area contributed by atoms with E-state index in [-0.39, 0.29) is 18.5 Å². The number of fused-ring (bicyclic) bond motifs is 1. The number of aromatic nitrogens is 3. The zero-order valence-electron chi connectivity index (χ0n) is 27.2. The first-order valence-corrected chi connectivity index (χ1v) is 16.1. The lowest BCUT2D eigenvalue weighted by Crippen LogP contribution is -2.51. The first kappa shape index (κ1) is 31.9. The second-order valence-electron chi connectivity index (χ2n) is 11.9. The van der Waals surface area contributed by atoms with Crippen LogP contribution in [0.2, 0.25) is 0 Å². The molecule has 1 fully saturated rings. The van der Waals surface area contributed by atoms with Crippen molar-refractivity contribution in [2.45, 2.75) is 26.3 Å². The van der Waals surface area contributed by atoms with E-state index in [4.69, 9.17) is 9.73 Å². The number of ether oxygens (including phenoxy) is 1. The summed E-state index contributed by atoms with van der Waals surface area (Å²) in [5, 5.41) is 7.30. The number of aryl methyl sites for hydroxylation is 2. The third kappa shape index (κ3) is 8.21. The summed E-state index contributed by atoms with van der Waals surface area (Å²) in [6, 6.07) is 29.4. The average Bonchev–Trinajstić information content (AvgIpc) is 3.48. The van der Waals surface area contributed by atoms with E-state index in [0.29, 0.717) is 24.9 Å². The standard InChI is InChI=1S/C37H42N8O2/c1-26-22-27(2)41-37(40-26)43-36(38-17-16-30-24-39-33-23-31(47-3)14-15-32(30)33)42-34(46)25-44-18-20-45(21-19-44)35(28-10-6-4-7-11-28)29-12-8-5-9-13-29/h4-15,22-24,35,39H,16-21,25H2,1-3H3,(H2,38,40,41,42,43,46). The van der Waals surface area contributed by atoms with Crippen molar-refractivity contribution in [3.8, 4) is 5.75 Å². The number of hydrogen-bond acceptors (Lipinski definition) is 7. The molecule has 0 aliphatic carbocycles. The third-order valence-corrected chi connectivity index (χ3v) is 8.47. The van der Waals surface area contributed by atoms with Gasteiger partial charge >= 0.3 is 0 Å². The molecule has 242 valence electrons. The van der Waals surface area contributed by atoms with Crippen LogP contribution in [0.1, 0.15) is 34.1 Å². The molecule has 3 N–H and O–H groups in total. The van der Waals surface area contributed by atoms with Gasteiger partial charge in [-0.3, -0.25) is 30.2 Å². The van der Waals surface area contributed by atoms with Crippen LogP contribution in [0.3, 0.4) is 0 Å². The van der Waals surface area contributed by atoms with Crippen molar-refractivity contribution in [2.24, 2.45) is 4.99 Å². The molecule has 0 bridgehead atoms. The largest absolute Gasteiger partial charge is 0.497 e. The van der Waals surface area contributed by atoms with E-state index >= 15 is 0 Å². The molecule has 1 aliphatic heterocycles. The van der Waals surface area contributed by atoms with Gasteiger partial charge in [0.25, 0.3) is 0 Å². The fourth-order valence-corrected chi connectivity index (χ4v) is 6.22. The number of aliphatic imine (C=N–C) groups is 1. The zero-order chi connectivity index (χ0) is 32.6. The number of hydrogen-bond donors (Lipinski definition) is 3. The van der Waals surface area contributed by atoms with Gasteiger partial charge in [0.05, 0.1) is 19.7 Å². The maximum Gasteiger partial charge on any atom is 0.240 e. The molecule has 0 radical (unpaired) electrons. The molecule has 5 aromatic rings. The number of amides is 1. The highest BCUT2D eigenvalue weighted by Crippen LogP contribution is 2.29. The smallest absolute Gasteiger partial charge is 0.240 e. The lowest BCUT2D eigenvalue weighted by atomic mass is 9.96. The molecule has 2 aromatic heterocycles. The minimum Gasteiger partial charge on any atom is -0.497 e. The lowest BCUT2D eigenvalue weighted by molar-refractivity contribution is -0.121. The fourth-order valence-electron chi connectivity index (χ4n) is 6.22. The van der Waals surface area contributed by atoms with Crippen molar-refractivity contribution < 1.29 is 9.53 Å². The van der Waals surface area contributed by atoms with E-state index in [9.17, 15) is 4.79 Å². The number of carbonyl (C=O) groups excluding carboxylic acids is 1. The highest BCUT2D eigenvalue weighted by molar-refractivity contribution is 6.04. The lowest BCUT2D eigenvalue weighted by Gasteiger charge is -2.39. The summed E-state index contributed by atoms with van der Waals surface area (Å²) in [4.78, 5) is 35.2. The van der Waals surface area contributed by atoms with Crippen LogP contribution in [0, 0.1) is 13.8 Å². The van der Waals surface area contributed by atoms with Crippen LogP contribution in [0.15, 0.2) is 96.1 Å². The summed E-state index contributed by atoms with van der Waals surface area (Å²) in [5.41, 5.74) is 6.37. The average molecular weight is 631 g/mol. The molecule has 0 spiro atoms. The molecule has 10 nitrogen and oxygen atoms in total. The number of nitrogens with zero attached hydrogens (tertiary/aromatic N) is 5. The number of nitrogens with one attached hydrogen (secondary N) is 3. The highest BCUT2D eigenvalue weighted by atomic mass is 16.5. The van der Waals surface area contributed by atoms with Gasteiger partial charge < -0.3 is 9.72 Å². The van der Waals surface area contributed by atoms with Crippen LogP contribution in [-0.4, -0.2) is 83.0 Å². The van der Waals surface area contributed by atoms with E-state index in [1.54, 1.807) is 7.11 Å². The van der Waals surface area contributed by atoms with Gasteiger partial charge in [0, 0.05) is 67.3 Å². The van der Waals surface area contributed by atoms with Gasteiger partial charge in [-0.2, -0.15) is 0 Å². The summed E-state index contributed by atoms with van der Waals surface area (Å²) in [6.45, 7) is 7.85. The van der Waals surface area contributed by atoms with Crippen molar-refractivity contribution in [3.05, 3.63) is 119 Å². The molecule has 3 heterocycles. The van der Waals surface area contributed by atoms with Crippen LogP contribution in [0.4, 0.5) is 5.95 Å². The molecule has 47 heavy (non-hydrogen) atoms. The maximum absolute atomic E-state index is 13.4. The second kappa shape index (κ2) is 15.0. The fraction of sp³-hybridized carbons (Fsp3) is 0.297. The van der Waals surface area contributed by atoms with Crippen LogP contribution in [0.5, 0.6) is 5.75 Å². The quantitative estimate of drug-likeness (QED) is 0.145. The van der Waals surface area contributed by atoms with E-state index in [1.165, 1.54) is 11.1 Å². The topological polar surface area (TPSA) is 111 Å². The molecule has 1 saturated heterocycles.